The number of carbonyl (C=O) groups is 1. The molecule has 1 aromatic carbocycles. The van der Waals surface area contributed by atoms with Crippen LogP contribution in [0.15, 0.2) is 23.4 Å². The number of amides is 1. The summed E-state index contributed by atoms with van der Waals surface area (Å²) in [6.07, 6.45) is 0. The molecule has 0 aliphatic rings. The zero-order valence-electron chi connectivity index (χ0n) is 10.4. The number of anilines is 2. The SMILES string of the molecule is CC(Sc1n[nH]c(N)n1)C(=O)Nc1ccc(Cl)cc1Cl. The van der Waals surface area contributed by atoms with E-state index in [1.165, 1.54) is 11.8 Å². The highest BCUT2D eigenvalue weighted by atomic mass is 35.5. The molecular weight excluding hydrogens is 321 g/mol. The molecule has 20 heavy (non-hydrogen) atoms. The Kier molecular flexibility index (Phi) is 4.74. The summed E-state index contributed by atoms with van der Waals surface area (Å²) in [6.45, 7) is 1.73. The number of nitrogens with two attached hydrogens (primary N) is 1. The predicted molar refractivity (Wildman–Crippen MR) is 81.2 cm³/mol. The highest BCUT2D eigenvalue weighted by molar-refractivity contribution is 8.00. The predicted octanol–water partition coefficient (Wildman–Crippen LogP) is 2.81. The summed E-state index contributed by atoms with van der Waals surface area (Å²) in [5, 5.41) is 9.97. The number of aromatic nitrogens is 3. The third kappa shape index (κ3) is 3.78. The van der Waals surface area contributed by atoms with E-state index < -0.39 is 5.25 Å². The maximum atomic E-state index is 12.0. The Morgan fingerprint density at radius 3 is 2.85 bits per heavy atom. The number of thioether (sulfide) groups is 1. The van der Waals surface area contributed by atoms with Crippen molar-refractivity contribution >= 4 is 52.5 Å². The second-order valence-corrected chi connectivity index (χ2v) is 6.03. The summed E-state index contributed by atoms with van der Waals surface area (Å²) < 4.78 is 0. The zero-order valence-corrected chi connectivity index (χ0v) is 12.7. The number of H-pyrrole nitrogens is 1. The van der Waals surface area contributed by atoms with E-state index in [4.69, 9.17) is 28.9 Å². The summed E-state index contributed by atoms with van der Waals surface area (Å²) in [5.74, 6) is -0.0107. The van der Waals surface area contributed by atoms with Crippen molar-refractivity contribution in [1.29, 1.82) is 0 Å². The number of carbonyl (C=O) groups excluding carboxylic acids is 1. The van der Waals surface area contributed by atoms with E-state index in [9.17, 15) is 4.79 Å². The van der Waals surface area contributed by atoms with Crippen molar-refractivity contribution in [3.8, 4) is 0 Å². The first-order valence-corrected chi connectivity index (χ1v) is 7.19. The summed E-state index contributed by atoms with van der Waals surface area (Å²) in [4.78, 5) is 16.0. The number of benzene rings is 1. The lowest BCUT2D eigenvalue weighted by Gasteiger charge is -2.11. The molecular formula is C11H11Cl2N5OS. The van der Waals surface area contributed by atoms with Crippen LogP contribution in [-0.2, 0) is 4.79 Å². The van der Waals surface area contributed by atoms with Gasteiger partial charge in [0.15, 0.2) is 0 Å². The van der Waals surface area contributed by atoms with Gasteiger partial charge in [-0.05, 0) is 25.1 Å². The van der Waals surface area contributed by atoms with Crippen molar-refractivity contribution in [3.05, 3.63) is 28.2 Å². The van der Waals surface area contributed by atoms with Gasteiger partial charge in [-0.25, -0.2) is 5.10 Å². The third-order valence-corrected chi connectivity index (χ3v) is 3.83. The zero-order chi connectivity index (χ0) is 14.7. The first kappa shape index (κ1) is 15.0. The Bertz CT molecular complexity index is 633. The third-order valence-electron chi connectivity index (χ3n) is 2.32. The fourth-order valence-corrected chi connectivity index (χ4v) is 2.54. The van der Waals surface area contributed by atoms with Crippen LogP contribution in [0.2, 0.25) is 10.0 Å². The van der Waals surface area contributed by atoms with Gasteiger partial charge in [0, 0.05) is 5.02 Å². The first-order chi connectivity index (χ1) is 9.45. The van der Waals surface area contributed by atoms with Gasteiger partial charge in [0.05, 0.1) is 16.0 Å². The van der Waals surface area contributed by atoms with Crippen LogP contribution in [0.3, 0.4) is 0 Å². The van der Waals surface area contributed by atoms with Crippen LogP contribution < -0.4 is 11.1 Å². The molecule has 9 heteroatoms. The van der Waals surface area contributed by atoms with Crippen LogP contribution in [0.1, 0.15) is 6.92 Å². The lowest BCUT2D eigenvalue weighted by Crippen LogP contribution is -2.22. The van der Waals surface area contributed by atoms with Gasteiger partial charge in [-0.15, -0.1) is 5.10 Å². The Morgan fingerprint density at radius 2 is 2.25 bits per heavy atom. The number of nitrogen functional groups attached to an aromatic ring is 1. The number of hydrogen-bond donors (Lipinski definition) is 3. The van der Waals surface area contributed by atoms with E-state index in [0.717, 1.165) is 0 Å². The van der Waals surface area contributed by atoms with Gasteiger partial charge in [0.1, 0.15) is 0 Å². The topological polar surface area (TPSA) is 96.7 Å². The molecule has 0 radical (unpaired) electrons. The van der Waals surface area contributed by atoms with Gasteiger partial charge < -0.3 is 11.1 Å². The second kappa shape index (κ2) is 6.34. The standard InChI is InChI=1S/C11H11Cl2N5OS/c1-5(20-11-16-10(14)17-18-11)9(19)15-8-3-2-6(12)4-7(8)13/h2-5H,1H3,(H,15,19)(H3,14,16,17,18). The van der Waals surface area contributed by atoms with Crippen LogP contribution in [0.25, 0.3) is 0 Å². The normalized spacial score (nSPS) is 12.2. The Balaban J connectivity index is 2.00. The molecule has 6 nitrogen and oxygen atoms in total. The molecule has 1 unspecified atom stereocenters. The average Bonchev–Trinajstić information content (AvgIpc) is 2.78. The highest BCUT2D eigenvalue weighted by Gasteiger charge is 2.18. The van der Waals surface area contributed by atoms with Gasteiger partial charge >= 0.3 is 0 Å². The van der Waals surface area contributed by atoms with Crippen LogP contribution in [-0.4, -0.2) is 26.3 Å². The minimum absolute atomic E-state index is 0.209. The van der Waals surface area contributed by atoms with Crippen molar-refractivity contribution in [1.82, 2.24) is 15.2 Å². The van der Waals surface area contributed by atoms with E-state index in [0.29, 0.717) is 20.9 Å². The molecule has 4 N–H and O–H groups in total. The monoisotopic (exact) mass is 331 g/mol. The number of halogens is 2. The maximum Gasteiger partial charge on any atom is 0.237 e. The number of aromatic amines is 1. The molecule has 1 atom stereocenters. The van der Waals surface area contributed by atoms with E-state index in [-0.39, 0.29) is 11.9 Å². The molecule has 106 valence electrons. The molecule has 0 aliphatic heterocycles. The summed E-state index contributed by atoms with van der Waals surface area (Å²) in [6, 6.07) is 4.86. The van der Waals surface area contributed by atoms with Crippen LogP contribution in [0.5, 0.6) is 0 Å². The molecule has 0 spiro atoms. The highest BCUT2D eigenvalue weighted by Crippen LogP contribution is 2.27. The lowest BCUT2D eigenvalue weighted by molar-refractivity contribution is -0.115. The fourth-order valence-electron chi connectivity index (χ4n) is 1.35. The van der Waals surface area contributed by atoms with Crippen molar-refractivity contribution < 1.29 is 4.79 Å². The molecule has 2 aromatic rings. The van der Waals surface area contributed by atoms with E-state index >= 15 is 0 Å². The van der Waals surface area contributed by atoms with Crippen molar-refractivity contribution in [2.45, 2.75) is 17.3 Å². The van der Waals surface area contributed by atoms with E-state index in [1.807, 2.05) is 0 Å². The number of nitrogens with one attached hydrogen (secondary N) is 2. The molecule has 0 saturated heterocycles. The summed E-state index contributed by atoms with van der Waals surface area (Å²) >= 11 is 13.0. The Labute approximate surface area is 129 Å². The lowest BCUT2D eigenvalue weighted by atomic mass is 10.3. The molecule has 1 aromatic heterocycles. The molecule has 0 fully saturated rings. The Hall–Kier alpha value is -1.44. The smallest absolute Gasteiger partial charge is 0.237 e. The fraction of sp³-hybridized carbons (Fsp3) is 0.182. The molecule has 0 saturated carbocycles. The van der Waals surface area contributed by atoms with Crippen molar-refractivity contribution in [2.24, 2.45) is 0 Å². The minimum atomic E-state index is -0.406. The van der Waals surface area contributed by atoms with Gasteiger partial charge in [-0.1, -0.05) is 35.0 Å². The van der Waals surface area contributed by atoms with E-state index in [1.54, 1.807) is 25.1 Å². The van der Waals surface area contributed by atoms with Gasteiger partial charge in [-0.3, -0.25) is 4.79 Å². The van der Waals surface area contributed by atoms with Crippen molar-refractivity contribution in [2.75, 3.05) is 11.1 Å². The number of nitrogens with zero attached hydrogens (tertiary/aromatic N) is 2. The van der Waals surface area contributed by atoms with Gasteiger partial charge in [0.2, 0.25) is 17.0 Å². The molecule has 0 aliphatic carbocycles. The van der Waals surface area contributed by atoms with Gasteiger partial charge in [-0.2, -0.15) is 4.98 Å². The molecule has 1 amide bonds. The van der Waals surface area contributed by atoms with Crippen LogP contribution >= 0.6 is 35.0 Å². The summed E-state index contributed by atoms with van der Waals surface area (Å²) in [7, 11) is 0. The Morgan fingerprint density at radius 1 is 1.50 bits per heavy atom. The van der Waals surface area contributed by atoms with Crippen LogP contribution in [0.4, 0.5) is 11.6 Å². The minimum Gasteiger partial charge on any atom is -0.368 e. The van der Waals surface area contributed by atoms with Gasteiger partial charge in [0.25, 0.3) is 0 Å². The second-order valence-electron chi connectivity index (χ2n) is 3.88. The molecule has 2 rings (SSSR count). The quantitative estimate of drug-likeness (QED) is 0.748. The summed E-state index contributed by atoms with van der Waals surface area (Å²) in [5.41, 5.74) is 5.92. The van der Waals surface area contributed by atoms with Crippen molar-refractivity contribution in [3.63, 3.8) is 0 Å². The van der Waals surface area contributed by atoms with E-state index in [2.05, 4.69) is 20.5 Å². The first-order valence-electron chi connectivity index (χ1n) is 5.56. The number of rotatable bonds is 4. The average molecular weight is 332 g/mol. The molecule has 1 heterocycles. The van der Waals surface area contributed by atoms with Crippen LogP contribution in [0, 0.1) is 0 Å². The molecule has 0 bridgehead atoms. The largest absolute Gasteiger partial charge is 0.368 e. The number of hydrogen-bond acceptors (Lipinski definition) is 5. The maximum absolute atomic E-state index is 12.0.